The summed E-state index contributed by atoms with van der Waals surface area (Å²) in [5.74, 6) is 3.36. The number of fused-ring (bicyclic) bond motifs is 2. The highest BCUT2D eigenvalue weighted by atomic mass is 16.2. The molecule has 202 valence electrons. The Balaban J connectivity index is 1.59. The predicted molar refractivity (Wildman–Crippen MR) is 158 cm³/mol. The fraction of sp³-hybridized carbons (Fsp3) is 0.290. The fourth-order valence-electron chi connectivity index (χ4n) is 5.74. The number of rotatable bonds is 5. The number of pyridine rings is 1. The minimum atomic E-state index is -0.444. The topological polar surface area (TPSA) is 104 Å². The average molecular weight is 534 g/mol. The van der Waals surface area contributed by atoms with E-state index in [0.717, 1.165) is 47.0 Å². The third-order valence-corrected chi connectivity index (χ3v) is 7.71. The van der Waals surface area contributed by atoms with E-state index >= 15 is 0 Å². The number of aromatic nitrogens is 5. The predicted octanol–water partition coefficient (Wildman–Crippen LogP) is 2.76. The molecular formula is C31H31N7O2. The first-order valence-electron chi connectivity index (χ1n) is 13.5. The van der Waals surface area contributed by atoms with Crippen LogP contribution in [0.15, 0.2) is 64.2 Å². The van der Waals surface area contributed by atoms with E-state index in [9.17, 15) is 9.59 Å². The zero-order valence-electron chi connectivity index (χ0n) is 22.7. The van der Waals surface area contributed by atoms with E-state index in [0.29, 0.717) is 35.9 Å². The molecule has 0 saturated carbocycles. The number of nitrogens with two attached hydrogens (primary N) is 1. The molecule has 0 amide bonds. The molecule has 9 heteroatoms. The summed E-state index contributed by atoms with van der Waals surface area (Å²) in [7, 11) is 1.65. The summed E-state index contributed by atoms with van der Waals surface area (Å²) >= 11 is 0. The van der Waals surface area contributed by atoms with Gasteiger partial charge in [-0.05, 0) is 42.8 Å². The maximum absolute atomic E-state index is 14.2. The first-order valence-corrected chi connectivity index (χ1v) is 13.5. The molecular weight excluding hydrogens is 502 g/mol. The second kappa shape index (κ2) is 10.1. The van der Waals surface area contributed by atoms with Gasteiger partial charge in [0.25, 0.3) is 5.56 Å². The molecule has 6 rings (SSSR count). The van der Waals surface area contributed by atoms with Crippen molar-refractivity contribution in [1.82, 2.24) is 23.7 Å². The molecule has 2 N–H and O–H groups in total. The molecule has 1 atom stereocenters. The summed E-state index contributed by atoms with van der Waals surface area (Å²) in [5.41, 5.74) is 9.26. The first kappa shape index (κ1) is 25.6. The van der Waals surface area contributed by atoms with Crippen LogP contribution in [0.5, 0.6) is 0 Å². The minimum absolute atomic E-state index is 0.00107. The van der Waals surface area contributed by atoms with Crippen LogP contribution < -0.4 is 21.9 Å². The van der Waals surface area contributed by atoms with Crippen molar-refractivity contribution in [2.75, 3.05) is 18.0 Å². The molecule has 40 heavy (non-hydrogen) atoms. The number of anilines is 1. The molecule has 9 nitrogen and oxygen atoms in total. The van der Waals surface area contributed by atoms with E-state index in [1.54, 1.807) is 7.05 Å². The van der Waals surface area contributed by atoms with Crippen molar-refractivity contribution >= 4 is 27.9 Å². The summed E-state index contributed by atoms with van der Waals surface area (Å²) in [6.07, 6.45) is 7.66. The van der Waals surface area contributed by atoms with Gasteiger partial charge >= 0.3 is 5.69 Å². The molecule has 4 heterocycles. The standard InChI is InChI=1S/C31H31N7O2/c1-4-21-10-5-6-12-23(21)17-37-27-28(34-30(37)36-15-9-13-24(32)18-36)35(3)31(40)38(29(27)39)19-26-25-14-8-7-11-22(25)16-20(2)33-26/h1,5-8,10-12,14,16,24H,9,13,15,17-19,32H2,2-3H3. The molecule has 1 aliphatic heterocycles. The summed E-state index contributed by atoms with van der Waals surface area (Å²) < 4.78 is 4.60. The van der Waals surface area contributed by atoms with Crippen LogP contribution in [0, 0.1) is 19.3 Å². The molecule has 0 spiro atoms. The Bertz CT molecular complexity index is 1930. The smallest absolute Gasteiger partial charge is 0.332 e. The van der Waals surface area contributed by atoms with Gasteiger partial charge in [-0.3, -0.25) is 23.5 Å². The van der Waals surface area contributed by atoms with Crippen molar-refractivity contribution < 1.29 is 0 Å². The van der Waals surface area contributed by atoms with Crippen LogP contribution >= 0.6 is 0 Å². The molecule has 1 aliphatic rings. The van der Waals surface area contributed by atoms with Crippen molar-refractivity contribution in [3.63, 3.8) is 0 Å². The number of aryl methyl sites for hydroxylation is 2. The van der Waals surface area contributed by atoms with E-state index < -0.39 is 11.2 Å². The average Bonchev–Trinajstić information content (AvgIpc) is 3.33. The maximum atomic E-state index is 14.2. The van der Waals surface area contributed by atoms with Crippen molar-refractivity contribution in [1.29, 1.82) is 0 Å². The largest absolute Gasteiger partial charge is 0.341 e. The van der Waals surface area contributed by atoms with Gasteiger partial charge in [-0.2, -0.15) is 4.98 Å². The quantitative estimate of drug-likeness (QED) is 0.349. The Morgan fingerprint density at radius 1 is 1.05 bits per heavy atom. The van der Waals surface area contributed by atoms with Crippen molar-refractivity contribution in [2.45, 2.75) is 38.9 Å². The first-order chi connectivity index (χ1) is 19.4. The van der Waals surface area contributed by atoms with Crippen LogP contribution in [0.2, 0.25) is 0 Å². The summed E-state index contributed by atoms with van der Waals surface area (Å²) in [6.45, 7) is 3.65. The van der Waals surface area contributed by atoms with Gasteiger partial charge in [-0.25, -0.2) is 4.79 Å². The van der Waals surface area contributed by atoms with Gasteiger partial charge in [0.2, 0.25) is 5.95 Å². The third-order valence-electron chi connectivity index (χ3n) is 7.71. The van der Waals surface area contributed by atoms with Crippen molar-refractivity contribution in [2.24, 2.45) is 12.8 Å². The third kappa shape index (κ3) is 4.36. The zero-order chi connectivity index (χ0) is 28.0. The summed E-state index contributed by atoms with van der Waals surface area (Å²) in [5, 5.41) is 1.91. The summed E-state index contributed by atoms with van der Waals surface area (Å²) in [6, 6.07) is 17.5. The van der Waals surface area contributed by atoms with Crippen LogP contribution in [0.4, 0.5) is 5.95 Å². The maximum Gasteiger partial charge on any atom is 0.332 e. The highest BCUT2D eigenvalue weighted by Crippen LogP contribution is 2.25. The fourth-order valence-corrected chi connectivity index (χ4v) is 5.74. The van der Waals surface area contributed by atoms with Crippen LogP contribution in [0.3, 0.4) is 0 Å². The van der Waals surface area contributed by atoms with Crippen molar-refractivity contribution in [3.05, 3.63) is 98.0 Å². The molecule has 1 unspecified atom stereocenters. The van der Waals surface area contributed by atoms with Gasteiger partial charge in [0.15, 0.2) is 11.2 Å². The Morgan fingerprint density at radius 3 is 2.62 bits per heavy atom. The highest BCUT2D eigenvalue weighted by molar-refractivity contribution is 5.85. The number of piperidine rings is 1. The number of hydrogen-bond acceptors (Lipinski definition) is 6. The van der Waals surface area contributed by atoms with E-state index in [1.165, 1.54) is 9.13 Å². The van der Waals surface area contributed by atoms with E-state index in [2.05, 4.69) is 10.8 Å². The molecule has 3 aromatic heterocycles. The number of imidazole rings is 1. The van der Waals surface area contributed by atoms with Crippen LogP contribution in [0.1, 0.15) is 35.4 Å². The van der Waals surface area contributed by atoms with Gasteiger partial charge in [-0.15, -0.1) is 6.42 Å². The van der Waals surface area contributed by atoms with Gasteiger partial charge in [0, 0.05) is 42.8 Å². The molecule has 5 aromatic rings. The SMILES string of the molecule is C#Cc1ccccc1Cn1c(N2CCCC(N)C2)nc2c1c(=O)n(Cc1nc(C)cc3ccccc13)c(=O)n2C. The number of benzene rings is 2. The molecule has 2 aromatic carbocycles. The highest BCUT2D eigenvalue weighted by Gasteiger charge is 2.27. The molecule has 0 radical (unpaired) electrons. The molecule has 0 aliphatic carbocycles. The van der Waals surface area contributed by atoms with E-state index in [1.807, 2.05) is 66.1 Å². The number of hydrogen-bond donors (Lipinski definition) is 1. The van der Waals surface area contributed by atoms with E-state index in [-0.39, 0.29) is 12.6 Å². The summed E-state index contributed by atoms with van der Waals surface area (Å²) in [4.78, 5) is 39.5. The van der Waals surface area contributed by atoms with Gasteiger partial charge in [0.1, 0.15) is 0 Å². The Morgan fingerprint density at radius 2 is 1.82 bits per heavy atom. The lowest BCUT2D eigenvalue weighted by molar-refractivity contribution is 0.495. The van der Waals surface area contributed by atoms with Gasteiger partial charge in [0.05, 0.1) is 18.8 Å². The van der Waals surface area contributed by atoms with Gasteiger partial charge < -0.3 is 10.6 Å². The normalized spacial score (nSPS) is 15.6. The van der Waals surface area contributed by atoms with Crippen LogP contribution in [-0.2, 0) is 20.1 Å². The lowest BCUT2D eigenvalue weighted by atomic mass is 10.1. The minimum Gasteiger partial charge on any atom is -0.341 e. The molecule has 1 saturated heterocycles. The monoisotopic (exact) mass is 533 g/mol. The molecule has 0 bridgehead atoms. The molecule has 1 fully saturated rings. The van der Waals surface area contributed by atoms with Crippen LogP contribution in [-0.4, -0.2) is 42.8 Å². The number of nitrogens with zero attached hydrogens (tertiary/aromatic N) is 6. The second-order valence-corrected chi connectivity index (χ2v) is 10.5. The Hall–Kier alpha value is -4.68. The zero-order valence-corrected chi connectivity index (χ0v) is 22.7. The van der Waals surface area contributed by atoms with Crippen molar-refractivity contribution in [3.8, 4) is 12.3 Å². The van der Waals surface area contributed by atoms with Gasteiger partial charge in [-0.1, -0.05) is 48.4 Å². The van der Waals surface area contributed by atoms with Crippen LogP contribution in [0.25, 0.3) is 21.9 Å². The lowest BCUT2D eigenvalue weighted by Gasteiger charge is -2.32. The second-order valence-electron chi connectivity index (χ2n) is 10.5. The lowest BCUT2D eigenvalue weighted by Crippen LogP contribution is -2.44. The Kier molecular flexibility index (Phi) is 6.48. The number of terminal acetylenes is 1. The van der Waals surface area contributed by atoms with E-state index in [4.69, 9.17) is 22.1 Å². The Labute approximate surface area is 231 Å².